The van der Waals surface area contributed by atoms with Crippen LogP contribution in [0.4, 0.5) is 20.3 Å². The highest BCUT2D eigenvalue weighted by Gasteiger charge is 2.40. The van der Waals surface area contributed by atoms with Crippen LogP contribution in [-0.2, 0) is 4.74 Å². The van der Waals surface area contributed by atoms with Gasteiger partial charge in [-0.3, -0.25) is 0 Å². The van der Waals surface area contributed by atoms with Crippen molar-refractivity contribution in [3.05, 3.63) is 47.2 Å². The number of aromatic nitrogens is 3. The number of ether oxygens (including phenoxy) is 2. The molecule has 0 spiro atoms. The molecule has 2 aromatic heterocycles. The van der Waals surface area contributed by atoms with Crippen molar-refractivity contribution in [2.45, 2.75) is 38.5 Å². The summed E-state index contributed by atoms with van der Waals surface area (Å²) in [7, 11) is 1.60. The van der Waals surface area contributed by atoms with E-state index in [4.69, 9.17) is 14.5 Å². The molecule has 5 rings (SSSR count). The van der Waals surface area contributed by atoms with Gasteiger partial charge in [0.2, 0.25) is 5.88 Å². The number of fused-ring (bicyclic) bond motifs is 3. The number of pyridine rings is 1. The minimum atomic E-state index is -0.883. The number of rotatable bonds is 5. The van der Waals surface area contributed by atoms with Gasteiger partial charge in [-0.15, -0.1) is 5.10 Å². The van der Waals surface area contributed by atoms with Crippen LogP contribution in [0.2, 0.25) is 0 Å². The van der Waals surface area contributed by atoms with Crippen molar-refractivity contribution in [1.29, 1.82) is 0 Å². The summed E-state index contributed by atoms with van der Waals surface area (Å²) in [5.41, 5.74) is 2.38. The molecule has 0 amide bonds. The molecule has 0 radical (unpaired) electrons. The van der Waals surface area contributed by atoms with Gasteiger partial charge in [-0.2, -0.15) is 5.10 Å². The SMILES string of the molecule is COc1nc2c(C)nnc(N[C@H](C)c3cccc(F)c3F)c2cc1N1CC2CC1CO2. The molecule has 2 bridgehead atoms. The van der Waals surface area contributed by atoms with E-state index in [0.717, 1.165) is 30.1 Å². The summed E-state index contributed by atoms with van der Waals surface area (Å²) in [4.78, 5) is 6.97. The third-order valence-corrected chi connectivity index (χ3v) is 6.07. The number of aryl methyl sites for hydroxylation is 1. The Kier molecular flexibility index (Phi) is 4.85. The maximum absolute atomic E-state index is 14.3. The summed E-state index contributed by atoms with van der Waals surface area (Å²) in [6, 6.07) is 5.87. The van der Waals surface area contributed by atoms with E-state index in [1.165, 1.54) is 6.07 Å². The highest BCUT2D eigenvalue weighted by molar-refractivity contribution is 5.94. The lowest BCUT2D eigenvalue weighted by Gasteiger charge is -2.30. The Morgan fingerprint density at radius 1 is 1.29 bits per heavy atom. The van der Waals surface area contributed by atoms with Crippen molar-refractivity contribution >= 4 is 22.4 Å². The summed E-state index contributed by atoms with van der Waals surface area (Å²) in [6.07, 6.45) is 1.20. The van der Waals surface area contributed by atoms with Crippen LogP contribution >= 0.6 is 0 Å². The van der Waals surface area contributed by atoms with E-state index in [2.05, 4.69) is 20.4 Å². The van der Waals surface area contributed by atoms with Crippen molar-refractivity contribution in [2.75, 3.05) is 30.5 Å². The highest BCUT2D eigenvalue weighted by Crippen LogP contribution is 2.40. The summed E-state index contributed by atoms with van der Waals surface area (Å²) in [5.74, 6) is -0.786. The summed E-state index contributed by atoms with van der Waals surface area (Å²) >= 11 is 0. The first-order chi connectivity index (χ1) is 15.0. The maximum atomic E-state index is 14.3. The number of benzene rings is 1. The van der Waals surface area contributed by atoms with E-state index >= 15 is 0 Å². The monoisotopic (exact) mass is 427 g/mol. The zero-order valence-electron chi connectivity index (χ0n) is 17.5. The number of halogens is 2. The van der Waals surface area contributed by atoms with Crippen molar-refractivity contribution in [3.8, 4) is 5.88 Å². The van der Waals surface area contributed by atoms with E-state index in [0.29, 0.717) is 29.5 Å². The van der Waals surface area contributed by atoms with Gasteiger partial charge in [-0.1, -0.05) is 12.1 Å². The van der Waals surface area contributed by atoms with Gasteiger partial charge in [0.1, 0.15) is 11.2 Å². The quantitative estimate of drug-likeness (QED) is 0.665. The Bertz CT molecular complexity index is 1160. The molecule has 1 N–H and O–H groups in total. The Morgan fingerprint density at radius 2 is 2.13 bits per heavy atom. The molecule has 2 unspecified atom stereocenters. The number of nitrogens with zero attached hydrogens (tertiary/aromatic N) is 4. The summed E-state index contributed by atoms with van der Waals surface area (Å²) in [6.45, 7) is 5.03. The molecule has 2 aliphatic heterocycles. The molecule has 162 valence electrons. The average molecular weight is 427 g/mol. The predicted molar refractivity (Wildman–Crippen MR) is 113 cm³/mol. The molecular weight excluding hydrogens is 404 g/mol. The van der Waals surface area contributed by atoms with Crippen LogP contribution in [0, 0.1) is 18.6 Å². The molecule has 2 fully saturated rings. The van der Waals surface area contributed by atoms with Gasteiger partial charge in [0.05, 0.1) is 37.6 Å². The van der Waals surface area contributed by atoms with E-state index in [1.807, 2.05) is 13.0 Å². The summed E-state index contributed by atoms with van der Waals surface area (Å²) in [5, 5.41) is 12.4. The van der Waals surface area contributed by atoms with Gasteiger partial charge in [-0.05, 0) is 32.4 Å². The van der Waals surface area contributed by atoms with Crippen LogP contribution in [-0.4, -0.2) is 47.6 Å². The minimum Gasteiger partial charge on any atom is -0.480 e. The molecule has 9 heteroatoms. The van der Waals surface area contributed by atoms with Gasteiger partial charge in [0, 0.05) is 17.5 Å². The number of nitrogens with one attached hydrogen (secondary N) is 1. The van der Waals surface area contributed by atoms with Gasteiger partial charge < -0.3 is 19.7 Å². The van der Waals surface area contributed by atoms with Gasteiger partial charge in [0.15, 0.2) is 17.5 Å². The molecule has 1 aromatic carbocycles. The number of methoxy groups -OCH3 is 1. The second kappa shape index (κ2) is 7.56. The van der Waals surface area contributed by atoms with E-state index in [9.17, 15) is 8.78 Å². The molecule has 31 heavy (non-hydrogen) atoms. The smallest absolute Gasteiger partial charge is 0.237 e. The Balaban J connectivity index is 1.58. The second-order valence-electron chi connectivity index (χ2n) is 8.05. The molecule has 0 saturated carbocycles. The summed E-state index contributed by atoms with van der Waals surface area (Å²) < 4.78 is 39.3. The van der Waals surface area contributed by atoms with Gasteiger partial charge in [0.25, 0.3) is 0 Å². The molecule has 2 saturated heterocycles. The number of anilines is 2. The topological polar surface area (TPSA) is 72.4 Å². The van der Waals surface area contributed by atoms with Crippen molar-refractivity contribution in [1.82, 2.24) is 15.2 Å². The second-order valence-corrected chi connectivity index (χ2v) is 8.05. The largest absolute Gasteiger partial charge is 0.480 e. The van der Waals surface area contributed by atoms with Gasteiger partial charge in [-0.25, -0.2) is 13.8 Å². The molecule has 4 heterocycles. The molecule has 2 aliphatic rings. The standard InChI is InChI=1S/C22H23F2N5O2/c1-11(15-5-4-6-17(23)19(15)24)25-21-16-8-18(29-9-14-7-13(29)10-31-14)22(30-3)26-20(16)12(2)27-28-21/h4-6,8,11,13-14H,7,9-10H2,1-3H3,(H,25,28)/t11-,13?,14?/m1/s1. The molecule has 3 atom stereocenters. The third kappa shape index (κ3) is 3.33. The van der Waals surface area contributed by atoms with Crippen molar-refractivity contribution in [2.24, 2.45) is 0 Å². The Hall–Kier alpha value is -3.07. The fourth-order valence-electron chi connectivity index (χ4n) is 4.46. The molecular formula is C22H23F2N5O2. The first-order valence-corrected chi connectivity index (χ1v) is 10.3. The third-order valence-electron chi connectivity index (χ3n) is 6.07. The zero-order valence-corrected chi connectivity index (χ0v) is 17.5. The lowest BCUT2D eigenvalue weighted by molar-refractivity contribution is 0.0989. The molecule has 3 aromatic rings. The van der Waals surface area contributed by atoms with Crippen LogP contribution in [0.5, 0.6) is 5.88 Å². The Morgan fingerprint density at radius 3 is 2.84 bits per heavy atom. The fourth-order valence-corrected chi connectivity index (χ4v) is 4.46. The Labute approximate surface area is 178 Å². The highest BCUT2D eigenvalue weighted by atomic mass is 19.2. The van der Waals surface area contributed by atoms with Crippen LogP contribution in [0.3, 0.4) is 0 Å². The number of hydrogen-bond acceptors (Lipinski definition) is 7. The van der Waals surface area contributed by atoms with Crippen molar-refractivity contribution < 1.29 is 18.3 Å². The van der Waals surface area contributed by atoms with Crippen LogP contribution in [0.1, 0.15) is 30.6 Å². The maximum Gasteiger partial charge on any atom is 0.237 e. The van der Waals surface area contributed by atoms with Crippen LogP contribution in [0.25, 0.3) is 10.9 Å². The first kappa shape index (κ1) is 19.9. The average Bonchev–Trinajstić information content (AvgIpc) is 3.40. The predicted octanol–water partition coefficient (Wildman–Crippen LogP) is 3.77. The lowest BCUT2D eigenvalue weighted by Crippen LogP contribution is -2.37. The molecule has 7 nitrogen and oxygen atoms in total. The van der Waals surface area contributed by atoms with E-state index < -0.39 is 17.7 Å². The lowest BCUT2D eigenvalue weighted by atomic mass is 10.1. The van der Waals surface area contributed by atoms with Gasteiger partial charge >= 0.3 is 0 Å². The number of hydrogen-bond donors (Lipinski definition) is 1. The van der Waals surface area contributed by atoms with Crippen LogP contribution in [0.15, 0.2) is 24.3 Å². The zero-order chi connectivity index (χ0) is 21.7. The number of morpholine rings is 1. The molecule has 0 aliphatic carbocycles. The normalized spacial score (nSPS) is 21.0. The van der Waals surface area contributed by atoms with Crippen LogP contribution < -0.4 is 15.0 Å². The fraction of sp³-hybridized carbons (Fsp3) is 0.409. The first-order valence-electron chi connectivity index (χ1n) is 10.3. The van der Waals surface area contributed by atoms with E-state index in [-0.39, 0.29) is 17.7 Å². The minimum absolute atomic E-state index is 0.214. The van der Waals surface area contributed by atoms with Crippen molar-refractivity contribution in [3.63, 3.8) is 0 Å². The van der Waals surface area contributed by atoms with E-state index in [1.54, 1.807) is 20.1 Å².